The Kier molecular flexibility index (Phi) is 6.51. The number of likely N-dealkylation sites (tertiary alicyclic amines) is 1. The molecule has 2 aliphatic heterocycles. The van der Waals surface area contributed by atoms with Crippen LogP contribution < -0.4 is 0 Å². The van der Waals surface area contributed by atoms with Gasteiger partial charge in [0.15, 0.2) is 0 Å². The summed E-state index contributed by atoms with van der Waals surface area (Å²) in [6.45, 7) is 1.07. The number of hydrogen-bond donors (Lipinski definition) is 0. The molecule has 0 aromatic heterocycles. The van der Waals surface area contributed by atoms with Crippen LogP contribution in [0.3, 0.4) is 0 Å². The zero-order valence-corrected chi connectivity index (χ0v) is 19.4. The van der Waals surface area contributed by atoms with E-state index < -0.39 is 11.7 Å². The molecule has 2 unspecified atom stereocenters. The first kappa shape index (κ1) is 23.8. The molecule has 1 saturated heterocycles. The van der Waals surface area contributed by atoms with E-state index in [1.807, 2.05) is 17.0 Å². The highest BCUT2D eigenvalue weighted by atomic mass is 19.4. The Balaban J connectivity index is 1.40. The Morgan fingerprint density at radius 1 is 0.971 bits per heavy atom. The molecular formula is C28H28F4N2O. The summed E-state index contributed by atoms with van der Waals surface area (Å²) in [5.74, 6) is -0.194. The van der Waals surface area contributed by atoms with E-state index in [1.54, 1.807) is 18.2 Å². The van der Waals surface area contributed by atoms with E-state index in [1.165, 1.54) is 12.1 Å². The molecule has 0 spiro atoms. The molecule has 2 aromatic carbocycles. The Labute approximate surface area is 202 Å². The average molecular weight is 485 g/mol. The van der Waals surface area contributed by atoms with Gasteiger partial charge in [0.25, 0.3) is 0 Å². The molecule has 3 aliphatic rings. The van der Waals surface area contributed by atoms with Crippen LogP contribution in [-0.2, 0) is 11.0 Å². The Morgan fingerprint density at radius 3 is 2.37 bits per heavy atom. The fourth-order valence-electron chi connectivity index (χ4n) is 5.67. The number of hydrogen-bond acceptors (Lipinski definition) is 2. The second kappa shape index (κ2) is 9.59. The van der Waals surface area contributed by atoms with Gasteiger partial charge in [-0.3, -0.25) is 9.79 Å². The zero-order valence-electron chi connectivity index (χ0n) is 19.4. The van der Waals surface area contributed by atoms with E-state index in [-0.39, 0.29) is 29.5 Å². The Hall–Kier alpha value is -2.96. The highest BCUT2D eigenvalue weighted by Crippen LogP contribution is 2.38. The fraction of sp³-hybridized carbons (Fsp3) is 0.429. The van der Waals surface area contributed by atoms with Gasteiger partial charge >= 0.3 is 6.18 Å². The molecule has 0 radical (unpaired) electrons. The smallest absolute Gasteiger partial charge is 0.341 e. The first-order chi connectivity index (χ1) is 16.8. The van der Waals surface area contributed by atoms with Crippen LogP contribution >= 0.6 is 0 Å². The maximum atomic E-state index is 13.7. The molecular weight excluding hydrogens is 456 g/mol. The summed E-state index contributed by atoms with van der Waals surface area (Å²) in [5, 5.41) is 0. The summed E-state index contributed by atoms with van der Waals surface area (Å²) < 4.78 is 52.9. The number of amides is 1. The van der Waals surface area contributed by atoms with Crippen LogP contribution in [0, 0.1) is 17.7 Å². The van der Waals surface area contributed by atoms with Gasteiger partial charge in [0.05, 0.1) is 11.3 Å². The van der Waals surface area contributed by atoms with Crippen molar-refractivity contribution >= 4 is 17.3 Å². The van der Waals surface area contributed by atoms with Gasteiger partial charge in [-0.05, 0) is 49.1 Å². The molecule has 184 valence electrons. The highest BCUT2D eigenvalue weighted by Gasteiger charge is 2.37. The largest absolute Gasteiger partial charge is 0.416 e. The lowest BCUT2D eigenvalue weighted by Gasteiger charge is -2.39. The minimum atomic E-state index is -4.38. The van der Waals surface area contributed by atoms with E-state index in [0.717, 1.165) is 54.8 Å². The summed E-state index contributed by atoms with van der Waals surface area (Å²) >= 11 is 0. The number of piperidine rings is 1. The maximum Gasteiger partial charge on any atom is 0.416 e. The Morgan fingerprint density at radius 2 is 1.69 bits per heavy atom. The lowest BCUT2D eigenvalue weighted by molar-refractivity contribution is -0.138. The van der Waals surface area contributed by atoms with E-state index in [0.29, 0.717) is 31.5 Å². The van der Waals surface area contributed by atoms with Gasteiger partial charge in [0.2, 0.25) is 5.91 Å². The first-order valence-corrected chi connectivity index (χ1v) is 12.3. The van der Waals surface area contributed by atoms with Gasteiger partial charge in [-0.2, -0.15) is 13.2 Å². The second-order valence-corrected chi connectivity index (χ2v) is 9.88. The summed E-state index contributed by atoms with van der Waals surface area (Å²) in [4.78, 5) is 20.1. The number of nitrogens with zero attached hydrogens (tertiary/aromatic N) is 2. The molecule has 2 atom stereocenters. The normalized spacial score (nSPS) is 23.4. The van der Waals surface area contributed by atoms with Gasteiger partial charge in [0, 0.05) is 48.5 Å². The minimum absolute atomic E-state index is 0.00343. The van der Waals surface area contributed by atoms with Crippen molar-refractivity contribution in [1.29, 1.82) is 0 Å². The lowest BCUT2D eigenvalue weighted by atomic mass is 9.81. The number of benzene rings is 2. The monoisotopic (exact) mass is 484 g/mol. The van der Waals surface area contributed by atoms with Crippen LogP contribution in [0.15, 0.2) is 59.6 Å². The number of carbonyl (C=O) groups excluding carboxylic acids is 1. The van der Waals surface area contributed by atoms with Gasteiger partial charge < -0.3 is 4.90 Å². The lowest BCUT2D eigenvalue weighted by Crippen LogP contribution is -2.47. The SMILES string of the molecule is O=C(C1CCCC1)N1CC(C2=NC(c3cccc(F)c3)=CC2)CC(c2ccc(C(F)(F)F)cc2)C1. The van der Waals surface area contributed by atoms with Gasteiger partial charge in [-0.25, -0.2) is 4.39 Å². The van der Waals surface area contributed by atoms with Crippen molar-refractivity contribution in [2.24, 2.45) is 16.8 Å². The fourth-order valence-corrected chi connectivity index (χ4v) is 5.67. The zero-order chi connectivity index (χ0) is 24.6. The van der Waals surface area contributed by atoms with Crippen LogP contribution in [-0.4, -0.2) is 29.6 Å². The van der Waals surface area contributed by atoms with E-state index in [9.17, 15) is 22.4 Å². The van der Waals surface area contributed by atoms with E-state index in [4.69, 9.17) is 4.99 Å². The van der Waals surface area contributed by atoms with Gasteiger partial charge in [0.1, 0.15) is 5.82 Å². The molecule has 2 fully saturated rings. The minimum Gasteiger partial charge on any atom is -0.341 e. The molecule has 1 amide bonds. The molecule has 2 heterocycles. The van der Waals surface area contributed by atoms with Crippen molar-refractivity contribution in [3.63, 3.8) is 0 Å². The van der Waals surface area contributed by atoms with Crippen molar-refractivity contribution in [1.82, 2.24) is 4.90 Å². The van der Waals surface area contributed by atoms with Crippen molar-refractivity contribution < 1.29 is 22.4 Å². The molecule has 0 bridgehead atoms. The summed E-state index contributed by atoms with van der Waals surface area (Å²) in [6.07, 6.45) is 2.86. The molecule has 7 heteroatoms. The molecule has 1 saturated carbocycles. The van der Waals surface area contributed by atoms with Crippen LogP contribution in [0.1, 0.15) is 61.1 Å². The van der Waals surface area contributed by atoms with E-state index in [2.05, 4.69) is 0 Å². The number of halogens is 4. The molecule has 3 nitrogen and oxygen atoms in total. The maximum absolute atomic E-state index is 13.7. The van der Waals surface area contributed by atoms with Crippen LogP contribution in [0.2, 0.25) is 0 Å². The highest BCUT2D eigenvalue weighted by molar-refractivity contribution is 5.98. The molecule has 1 aliphatic carbocycles. The quantitative estimate of drug-likeness (QED) is 0.437. The third kappa shape index (κ3) is 5.19. The van der Waals surface area contributed by atoms with Crippen molar-refractivity contribution in [3.8, 4) is 0 Å². The second-order valence-electron chi connectivity index (χ2n) is 9.88. The summed E-state index contributed by atoms with van der Waals surface area (Å²) in [7, 11) is 0. The van der Waals surface area contributed by atoms with Crippen LogP contribution in [0.4, 0.5) is 17.6 Å². The number of rotatable bonds is 4. The Bertz CT molecular complexity index is 1150. The number of alkyl halides is 3. The number of aliphatic imine (C=N–C) groups is 1. The molecule has 5 rings (SSSR count). The molecule has 0 N–H and O–H groups in total. The standard InChI is InChI=1S/C28H28F4N2O/c29-24-7-3-6-20(15-24)25-12-13-26(33-25)22-14-21(18-8-10-23(11-9-18)28(30,31)32)16-34(17-22)27(35)19-4-1-2-5-19/h3,6-12,15,19,21-22H,1-2,4-5,13-14,16-17H2. The van der Waals surface area contributed by atoms with Crippen molar-refractivity contribution in [2.75, 3.05) is 13.1 Å². The van der Waals surface area contributed by atoms with Gasteiger partial charge in [-0.15, -0.1) is 0 Å². The predicted octanol–water partition coefficient (Wildman–Crippen LogP) is 6.85. The number of carbonyl (C=O) groups is 1. The van der Waals surface area contributed by atoms with Crippen LogP contribution in [0.25, 0.3) is 5.70 Å². The van der Waals surface area contributed by atoms with Crippen LogP contribution in [0.5, 0.6) is 0 Å². The third-order valence-electron chi connectivity index (χ3n) is 7.54. The molecule has 2 aromatic rings. The topological polar surface area (TPSA) is 32.7 Å². The van der Waals surface area contributed by atoms with Crippen molar-refractivity contribution in [3.05, 3.63) is 77.1 Å². The summed E-state index contributed by atoms with van der Waals surface area (Å²) in [6, 6.07) is 11.7. The third-order valence-corrected chi connectivity index (χ3v) is 7.54. The predicted molar refractivity (Wildman–Crippen MR) is 127 cm³/mol. The molecule has 35 heavy (non-hydrogen) atoms. The number of allylic oxidation sites excluding steroid dienone is 1. The summed E-state index contributed by atoms with van der Waals surface area (Å²) in [5.41, 5.74) is 2.53. The average Bonchev–Trinajstić information content (AvgIpc) is 3.56. The van der Waals surface area contributed by atoms with E-state index >= 15 is 0 Å². The van der Waals surface area contributed by atoms with Gasteiger partial charge in [-0.1, -0.05) is 43.2 Å². The van der Waals surface area contributed by atoms with Crippen molar-refractivity contribution in [2.45, 2.75) is 50.6 Å². The first-order valence-electron chi connectivity index (χ1n) is 12.3.